The highest BCUT2D eigenvalue weighted by molar-refractivity contribution is 5.85. The fourth-order valence-electron chi connectivity index (χ4n) is 3.78. The average Bonchev–Trinajstić information content (AvgIpc) is 3.33. The van der Waals surface area contributed by atoms with E-state index in [4.69, 9.17) is 0 Å². The largest absolute Gasteiger partial charge is 0.349 e. The lowest BCUT2D eigenvalue weighted by molar-refractivity contribution is -0.120. The number of amides is 1. The summed E-state index contributed by atoms with van der Waals surface area (Å²) >= 11 is 0. The number of aryl methyl sites for hydroxylation is 1. The molecule has 0 aliphatic carbocycles. The highest BCUT2D eigenvalue weighted by Gasteiger charge is 2.17. The number of fused-ring (bicyclic) bond motifs is 1. The third-order valence-corrected chi connectivity index (χ3v) is 5.20. The zero-order chi connectivity index (χ0) is 17.1. The topological polar surface area (TPSA) is 71.8 Å². The number of halogens is 1. The second-order valence-corrected chi connectivity index (χ2v) is 7.12. The van der Waals surface area contributed by atoms with Gasteiger partial charge >= 0.3 is 0 Å². The van der Waals surface area contributed by atoms with Gasteiger partial charge < -0.3 is 15.2 Å². The van der Waals surface area contributed by atoms with E-state index in [0.717, 1.165) is 62.0 Å². The molecule has 0 bridgehead atoms. The molecule has 26 heavy (non-hydrogen) atoms. The third-order valence-electron chi connectivity index (χ3n) is 5.20. The van der Waals surface area contributed by atoms with Gasteiger partial charge in [0.1, 0.15) is 5.82 Å². The summed E-state index contributed by atoms with van der Waals surface area (Å²) < 4.78 is 2.12. The summed E-state index contributed by atoms with van der Waals surface area (Å²) in [6, 6.07) is 8.47. The van der Waals surface area contributed by atoms with Gasteiger partial charge in [0, 0.05) is 13.0 Å². The minimum absolute atomic E-state index is 0. The molecule has 6 nitrogen and oxygen atoms in total. The van der Waals surface area contributed by atoms with Crippen LogP contribution in [0.4, 0.5) is 0 Å². The zero-order valence-electron chi connectivity index (χ0n) is 14.9. The van der Waals surface area contributed by atoms with Crippen molar-refractivity contribution in [3.8, 4) is 0 Å². The molecule has 2 aromatic rings. The first-order valence-corrected chi connectivity index (χ1v) is 9.24. The summed E-state index contributed by atoms with van der Waals surface area (Å²) in [6.07, 6.45) is 4.90. The fraction of sp³-hybridized carbons (Fsp3) is 0.526. The van der Waals surface area contributed by atoms with Crippen molar-refractivity contribution >= 4 is 18.3 Å². The Morgan fingerprint density at radius 3 is 2.81 bits per heavy atom. The Balaban J connectivity index is 0.00000196. The normalized spacial score (nSPS) is 18.4. The maximum absolute atomic E-state index is 12.2. The van der Waals surface area contributed by atoms with Gasteiger partial charge in [-0.2, -0.15) is 0 Å². The van der Waals surface area contributed by atoms with E-state index in [1.165, 1.54) is 12.0 Å². The molecule has 1 aromatic carbocycles. The molecule has 140 valence electrons. The number of carbonyl (C=O) groups excluding carboxylic acids is 1. The van der Waals surface area contributed by atoms with Crippen molar-refractivity contribution in [3.63, 3.8) is 0 Å². The number of hydrogen-bond acceptors (Lipinski definition) is 4. The molecular weight excluding hydrogens is 350 g/mol. The van der Waals surface area contributed by atoms with E-state index in [1.54, 1.807) is 0 Å². The van der Waals surface area contributed by atoms with Crippen LogP contribution >= 0.6 is 12.4 Å². The molecule has 1 unspecified atom stereocenters. The summed E-state index contributed by atoms with van der Waals surface area (Å²) in [7, 11) is 0. The summed E-state index contributed by atoms with van der Waals surface area (Å²) in [6.45, 7) is 3.68. The lowest BCUT2D eigenvalue weighted by Gasteiger charge is -2.09. The second kappa shape index (κ2) is 8.64. The number of rotatable bonds is 6. The minimum Gasteiger partial charge on any atom is -0.349 e. The van der Waals surface area contributed by atoms with Crippen molar-refractivity contribution in [1.82, 2.24) is 25.4 Å². The Hall–Kier alpha value is -1.92. The summed E-state index contributed by atoms with van der Waals surface area (Å²) in [5.74, 6) is 2.68. The van der Waals surface area contributed by atoms with E-state index >= 15 is 0 Å². The fourth-order valence-corrected chi connectivity index (χ4v) is 3.78. The monoisotopic (exact) mass is 375 g/mol. The predicted molar refractivity (Wildman–Crippen MR) is 102 cm³/mol. The molecule has 1 fully saturated rings. The van der Waals surface area contributed by atoms with Crippen molar-refractivity contribution in [2.75, 3.05) is 13.1 Å². The molecule has 4 rings (SSSR count). The lowest BCUT2D eigenvalue weighted by Crippen LogP contribution is -2.26. The first kappa shape index (κ1) is 18.9. The van der Waals surface area contributed by atoms with E-state index in [-0.39, 0.29) is 18.3 Å². The minimum atomic E-state index is 0. The van der Waals surface area contributed by atoms with Gasteiger partial charge in [-0.15, -0.1) is 22.6 Å². The molecular formula is C19H26ClN5O. The molecule has 2 aliphatic rings. The van der Waals surface area contributed by atoms with Gasteiger partial charge in [0.2, 0.25) is 5.91 Å². The molecule has 0 radical (unpaired) electrons. The molecule has 1 atom stereocenters. The molecule has 1 saturated heterocycles. The quantitative estimate of drug-likeness (QED) is 0.805. The van der Waals surface area contributed by atoms with Crippen LogP contribution in [0.5, 0.6) is 0 Å². The Morgan fingerprint density at radius 1 is 1.23 bits per heavy atom. The number of carbonyl (C=O) groups is 1. The zero-order valence-corrected chi connectivity index (χ0v) is 15.7. The van der Waals surface area contributed by atoms with Gasteiger partial charge in [-0.25, -0.2) is 0 Å². The molecule has 7 heteroatoms. The Bertz CT molecular complexity index is 737. The van der Waals surface area contributed by atoms with Crippen LogP contribution in [0.15, 0.2) is 24.3 Å². The van der Waals surface area contributed by atoms with Crippen LogP contribution in [0, 0.1) is 5.92 Å². The Kier molecular flexibility index (Phi) is 6.27. The second-order valence-electron chi connectivity index (χ2n) is 7.12. The highest BCUT2D eigenvalue weighted by Crippen LogP contribution is 2.16. The maximum atomic E-state index is 12.2. The number of benzene rings is 1. The standard InChI is InChI=1S/C19H25N5O.ClH/c25-19(21-13-18-23-22-17-2-1-9-24(17)18)11-15-5-3-14(4-6-15)10-16-7-8-20-12-16;/h3-6,16,20H,1-2,7-13H2,(H,21,25);1H. The van der Waals surface area contributed by atoms with Crippen LogP contribution in [0.3, 0.4) is 0 Å². The van der Waals surface area contributed by atoms with Gasteiger partial charge in [0.05, 0.1) is 13.0 Å². The number of hydrogen-bond donors (Lipinski definition) is 2. The number of nitrogens with zero attached hydrogens (tertiary/aromatic N) is 3. The van der Waals surface area contributed by atoms with E-state index in [2.05, 4.69) is 49.7 Å². The van der Waals surface area contributed by atoms with Crippen molar-refractivity contribution < 1.29 is 4.79 Å². The van der Waals surface area contributed by atoms with Crippen LogP contribution in [-0.2, 0) is 37.1 Å². The molecule has 0 saturated carbocycles. The first-order chi connectivity index (χ1) is 12.3. The van der Waals surface area contributed by atoms with Crippen molar-refractivity contribution in [2.24, 2.45) is 5.92 Å². The van der Waals surface area contributed by atoms with Crippen LogP contribution in [0.2, 0.25) is 0 Å². The average molecular weight is 376 g/mol. The van der Waals surface area contributed by atoms with Crippen molar-refractivity contribution in [1.29, 1.82) is 0 Å². The van der Waals surface area contributed by atoms with E-state index in [1.807, 2.05) is 0 Å². The van der Waals surface area contributed by atoms with Crippen molar-refractivity contribution in [2.45, 2.75) is 45.2 Å². The first-order valence-electron chi connectivity index (χ1n) is 9.24. The van der Waals surface area contributed by atoms with E-state index in [0.29, 0.717) is 13.0 Å². The smallest absolute Gasteiger partial charge is 0.224 e. The van der Waals surface area contributed by atoms with Crippen molar-refractivity contribution in [3.05, 3.63) is 47.0 Å². The molecule has 0 spiro atoms. The van der Waals surface area contributed by atoms with Gasteiger partial charge in [0.25, 0.3) is 0 Å². The Labute approximate surface area is 160 Å². The highest BCUT2D eigenvalue weighted by atomic mass is 35.5. The van der Waals surface area contributed by atoms with Gasteiger partial charge in [0.15, 0.2) is 5.82 Å². The molecule has 1 aromatic heterocycles. The predicted octanol–water partition coefficient (Wildman–Crippen LogP) is 1.66. The van der Waals surface area contributed by atoms with Gasteiger partial charge in [-0.1, -0.05) is 24.3 Å². The third kappa shape index (κ3) is 4.43. The van der Waals surface area contributed by atoms with Crippen LogP contribution in [0.1, 0.15) is 35.6 Å². The number of aromatic nitrogens is 3. The van der Waals surface area contributed by atoms with Gasteiger partial charge in [-0.05, 0) is 49.4 Å². The molecule has 1 amide bonds. The van der Waals surface area contributed by atoms with E-state index < -0.39 is 0 Å². The number of nitrogens with one attached hydrogen (secondary N) is 2. The maximum Gasteiger partial charge on any atom is 0.224 e. The SMILES string of the molecule is Cl.O=C(Cc1ccc(CC2CCNC2)cc1)NCc1nnc2n1CCC2. The van der Waals surface area contributed by atoms with E-state index in [9.17, 15) is 4.79 Å². The van der Waals surface area contributed by atoms with Crippen LogP contribution < -0.4 is 10.6 Å². The molecule has 3 heterocycles. The van der Waals surface area contributed by atoms with Gasteiger partial charge in [-0.3, -0.25) is 4.79 Å². The summed E-state index contributed by atoms with van der Waals surface area (Å²) in [5, 5.41) is 14.7. The van der Waals surface area contributed by atoms with Crippen LogP contribution in [-0.4, -0.2) is 33.8 Å². The Morgan fingerprint density at radius 2 is 2.04 bits per heavy atom. The van der Waals surface area contributed by atoms with Crippen LogP contribution in [0.25, 0.3) is 0 Å². The molecule has 2 N–H and O–H groups in total. The lowest BCUT2D eigenvalue weighted by atomic mass is 9.97. The molecule has 2 aliphatic heterocycles. The summed E-state index contributed by atoms with van der Waals surface area (Å²) in [4.78, 5) is 12.2. The summed E-state index contributed by atoms with van der Waals surface area (Å²) in [5.41, 5.74) is 2.41.